The molecule has 1 unspecified atom stereocenters. The molecule has 0 N–H and O–H groups in total. The maximum absolute atomic E-state index is 12.8. The molecule has 3 aromatic rings. The highest BCUT2D eigenvalue weighted by Crippen LogP contribution is 2.36. The fourth-order valence-corrected chi connectivity index (χ4v) is 2.96. The summed E-state index contributed by atoms with van der Waals surface area (Å²) in [5.74, 6) is -1.44. The van der Waals surface area contributed by atoms with Crippen LogP contribution in [-0.2, 0) is 6.42 Å². The summed E-state index contributed by atoms with van der Waals surface area (Å²) in [6.45, 7) is -6.41. The largest absolute Gasteiger partial charge is 0.431 e. The van der Waals surface area contributed by atoms with Crippen LogP contribution < -0.4 is 9.47 Å². The summed E-state index contributed by atoms with van der Waals surface area (Å²) < 4.78 is 59.5. The first-order chi connectivity index (χ1) is 14.5. The van der Waals surface area contributed by atoms with Gasteiger partial charge in [-0.15, -0.1) is 0 Å². The van der Waals surface area contributed by atoms with E-state index in [9.17, 15) is 22.4 Å². The molecule has 0 amide bonds. The molecule has 0 aliphatic carbocycles. The van der Waals surface area contributed by atoms with Crippen molar-refractivity contribution in [2.75, 3.05) is 0 Å². The van der Waals surface area contributed by atoms with Crippen molar-refractivity contribution in [2.45, 2.75) is 25.6 Å². The van der Waals surface area contributed by atoms with E-state index in [-0.39, 0.29) is 0 Å². The molecular weight excluding hydrogens is 404 g/mol. The molecule has 5 nitrogen and oxygen atoms in total. The Morgan fingerprint density at radius 2 is 1.60 bits per heavy atom. The van der Waals surface area contributed by atoms with Crippen LogP contribution in [0.2, 0.25) is 0 Å². The standard InChI is InChI=1S/C21H16F4N2O3/c22-20(23)29-18-4-2-15(10-19(18)30-21(24)25)16(9-13-5-7-26-8-6-13)17-3-1-14(12-28)11-27-17/h1-8,10-12,16,20-21H,9H2. The number of hydrogen-bond acceptors (Lipinski definition) is 5. The molecule has 1 aromatic carbocycles. The maximum atomic E-state index is 12.8. The molecule has 0 radical (unpaired) electrons. The molecule has 30 heavy (non-hydrogen) atoms. The van der Waals surface area contributed by atoms with Gasteiger partial charge in [-0.25, -0.2) is 0 Å². The average Bonchev–Trinajstić information content (AvgIpc) is 2.73. The number of alkyl halides is 4. The molecule has 0 aliphatic rings. The lowest BCUT2D eigenvalue weighted by molar-refractivity contribution is -0.0692. The quantitative estimate of drug-likeness (QED) is 0.365. The first-order valence-electron chi connectivity index (χ1n) is 8.80. The van der Waals surface area contributed by atoms with Crippen molar-refractivity contribution in [3.05, 3.63) is 83.4 Å². The molecule has 9 heteroatoms. The second kappa shape index (κ2) is 9.82. The van der Waals surface area contributed by atoms with Crippen LogP contribution in [0.4, 0.5) is 17.6 Å². The van der Waals surface area contributed by atoms with Crippen molar-refractivity contribution in [3.63, 3.8) is 0 Å². The van der Waals surface area contributed by atoms with Crippen molar-refractivity contribution >= 4 is 6.29 Å². The number of carbonyl (C=O) groups is 1. The molecular formula is C21H16F4N2O3. The topological polar surface area (TPSA) is 61.3 Å². The zero-order chi connectivity index (χ0) is 21.5. The lowest BCUT2D eigenvalue weighted by Crippen LogP contribution is -2.11. The van der Waals surface area contributed by atoms with Crippen LogP contribution in [0.15, 0.2) is 61.1 Å². The van der Waals surface area contributed by atoms with E-state index >= 15 is 0 Å². The molecule has 0 saturated heterocycles. The number of hydrogen-bond donors (Lipinski definition) is 0. The van der Waals surface area contributed by atoms with Gasteiger partial charge in [0, 0.05) is 35.8 Å². The van der Waals surface area contributed by atoms with Gasteiger partial charge in [0.05, 0.1) is 0 Å². The number of ether oxygens (including phenoxy) is 2. The smallest absolute Gasteiger partial charge is 0.387 e. The number of benzene rings is 1. The molecule has 3 rings (SSSR count). The van der Waals surface area contributed by atoms with Crippen molar-refractivity contribution in [1.82, 2.24) is 9.97 Å². The summed E-state index contributed by atoms with van der Waals surface area (Å²) in [6.07, 6.45) is 5.69. The third-order valence-corrected chi connectivity index (χ3v) is 4.29. The van der Waals surface area contributed by atoms with Gasteiger partial charge in [-0.05, 0) is 53.9 Å². The zero-order valence-corrected chi connectivity index (χ0v) is 15.4. The summed E-state index contributed by atoms with van der Waals surface area (Å²) in [7, 11) is 0. The van der Waals surface area contributed by atoms with E-state index < -0.39 is 30.6 Å². The minimum Gasteiger partial charge on any atom is -0.431 e. The summed E-state index contributed by atoms with van der Waals surface area (Å²) in [4.78, 5) is 19.2. The Kier molecular flexibility index (Phi) is 6.95. The van der Waals surface area contributed by atoms with Crippen molar-refractivity contribution in [3.8, 4) is 11.5 Å². The number of rotatable bonds is 9. The van der Waals surface area contributed by atoms with Crippen molar-refractivity contribution < 1.29 is 31.8 Å². The second-order valence-corrected chi connectivity index (χ2v) is 6.21. The Bertz CT molecular complexity index is 970. The van der Waals surface area contributed by atoms with Crippen molar-refractivity contribution in [2.24, 2.45) is 0 Å². The molecule has 0 saturated carbocycles. The van der Waals surface area contributed by atoms with Crippen LogP contribution in [0, 0.1) is 0 Å². The molecule has 0 spiro atoms. The predicted octanol–water partition coefficient (Wildman–Crippen LogP) is 4.87. The Morgan fingerprint density at radius 1 is 0.900 bits per heavy atom. The van der Waals surface area contributed by atoms with E-state index in [1.54, 1.807) is 36.7 Å². The second-order valence-electron chi connectivity index (χ2n) is 6.21. The van der Waals surface area contributed by atoms with Crippen LogP contribution in [0.25, 0.3) is 0 Å². The Labute approximate surface area is 169 Å². The minimum atomic E-state index is -3.22. The Morgan fingerprint density at radius 3 is 2.20 bits per heavy atom. The predicted molar refractivity (Wildman–Crippen MR) is 99.1 cm³/mol. The number of aromatic nitrogens is 2. The summed E-state index contributed by atoms with van der Waals surface area (Å²) in [5, 5.41) is 0. The molecule has 0 aliphatic heterocycles. The highest BCUT2D eigenvalue weighted by Gasteiger charge is 2.21. The first-order valence-corrected chi connectivity index (χ1v) is 8.80. The third-order valence-electron chi connectivity index (χ3n) is 4.29. The van der Waals surface area contributed by atoms with Gasteiger partial charge in [-0.2, -0.15) is 17.6 Å². The van der Waals surface area contributed by atoms with Gasteiger partial charge in [0.15, 0.2) is 17.8 Å². The van der Waals surface area contributed by atoms with Crippen molar-refractivity contribution in [1.29, 1.82) is 0 Å². The van der Waals surface area contributed by atoms with E-state index in [2.05, 4.69) is 19.4 Å². The van der Waals surface area contributed by atoms with Gasteiger partial charge >= 0.3 is 13.2 Å². The van der Waals surface area contributed by atoms with Gasteiger partial charge in [0.1, 0.15) is 0 Å². The molecule has 0 bridgehead atoms. The molecule has 2 aromatic heterocycles. The summed E-state index contributed by atoms with van der Waals surface area (Å²) in [6, 6.07) is 10.7. The maximum Gasteiger partial charge on any atom is 0.387 e. The number of halogens is 4. The summed E-state index contributed by atoms with van der Waals surface area (Å²) >= 11 is 0. The number of aldehydes is 1. The molecule has 1 atom stereocenters. The van der Waals surface area contributed by atoms with Crippen LogP contribution in [-0.4, -0.2) is 29.5 Å². The van der Waals surface area contributed by atoms with Gasteiger partial charge in [-0.1, -0.05) is 6.07 Å². The Hall–Kier alpha value is -3.49. The van der Waals surface area contributed by atoms with Gasteiger partial charge in [0.25, 0.3) is 0 Å². The van der Waals surface area contributed by atoms with Gasteiger partial charge in [-0.3, -0.25) is 14.8 Å². The molecule has 2 heterocycles. The number of carbonyl (C=O) groups excluding carboxylic acids is 1. The van der Waals surface area contributed by atoms with Crippen LogP contribution in [0.3, 0.4) is 0 Å². The van der Waals surface area contributed by atoms with E-state index in [0.717, 1.165) is 11.6 Å². The number of pyridine rings is 2. The van der Waals surface area contributed by atoms with E-state index in [0.29, 0.717) is 29.5 Å². The van der Waals surface area contributed by atoms with Crippen LogP contribution in [0.1, 0.15) is 33.1 Å². The van der Waals surface area contributed by atoms with Gasteiger partial charge < -0.3 is 9.47 Å². The van der Waals surface area contributed by atoms with Crippen LogP contribution in [0.5, 0.6) is 11.5 Å². The summed E-state index contributed by atoms with van der Waals surface area (Å²) in [5.41, 5.74) is 2.32. The molecule has 156 valence electrons. The normalized spacial score (nSPS) is 12.1. The minimum absolute atomic E-state index is 0.379. The van der Waals surface area contributed by atoms with E-state index in [4.69, 9.17) is 0 Å². The highest BCUT2D eigenvalue weighted by molar-refractivity contribution is 5.73. The monoisotopic (exact) mass is 420 g/mol. The average molecular weight is 420 g/mol. The fraction of sp³-hybridized carbons (Fsp3) is 0.190. The lowest BCUT2D eigenvalue weighted by Gasteiger charge is -2.20. The highest BCUT2D eigenvalue weighted by atomic mass is 19.3. The number of nitrogens with zero attached hydrogens (tertiary/aromatic N) is 2. The van der Waals surface area contributed by atoms with Crippen LogP contribution >= 0.6 is 0 Å². The Balaban J connectivity index is 2.03. The zero-order valence-electron chi connectivity index (χ0n) is 15.4. The lowest BCUT2D eigenvalue weighted by atomic mass is 9.88. The first kappa shape index (κ1) is 21.2. The van der Waals surface area contributed by atoms with E-state index in [1.807, 2.05) is 0 Å². The molecule has 0 fully saturated rings. The van der Waals surface area contributed by atoms with E-state index in [1.165, 1.54) is 18.3 Å². The van der Waals surface area contributed by atoms with Gasteiger partial charge in [0.2, 0.25) is 0 Å². The fourth-order valence-electron chi connectivity index (χ4n) is 2.96. The SMILES string of the molecule is O=Cc1ccc(C(Cc2ccncc2)c2ccc(OC(F)F)c(OC(F)F)c2)nc1. The third kappa shape index (κ3) is 5.53.